The van der Waals surface area contributed by atoms with E-state index in [4.69, 9.17) is 5.10 Å². The maximum absolute atomic E-state index is 13.4. The van der Waals surface area contributed by atoms with Crippen molar-refractivity contribution in [3.63, 3.8) is 0 Å². The third-order valence-corrected chi connectivity index (χ3v) is 7.25. The summed E-state index contributed by atoms with van der Waals surface area (Å²) in [5.74, 6) is 0.552. The lowest BCUT2D eigenvalue weighted by Crippen LogP contribution is -2.24. The Bertz CT molecular complexity index is 1770. The van der Waals surface area contributed by atoms with E-state index in [9.17, 15) is 9.59 Å². The maximum atomic E-state index is 13.4. The zero-order valence-electron chi connectivity index (χ0n) is 25.4. The molecule has 0 saturated heterocycles. The number of hydrogen-bond acceptors (Lipinski definition) is 4. The summed E-state index contributed by atoms with van der Waals surface area (Å²) in [6, 6.07) is 25.6. The van der Waals surface area contributed by atoms with Crippen LogP contribution in [0.3, 0.4) is 0 Å². The third kappa shape index (κ3) is 7.09. The molecule has 0 radical (unpaired) electrons. The molecule has 0 bridgehead atoms. The predicted octanol–water partition coefficient (Wildman–Crippen LogP) is 6.94. The zero-order chi connectivity index (χ0) is 30.6. The number of benzene rings is 3. The Morgan fingerprint density at radius 3 is 2.35 bits per heavy atom. The van der Waals surface area contributed by atoms with E-state index in [1.54, 1.807) is 10.9 Å². The van der Waals surface area contributed by atoms with E-state index in [1.165, 1.54) is 0 Å². The molecule has 8 nitrogen and oxygen atoms in total. The monoisotopic (exact) mass is 574 g/mol. The number of urea groups is 1. The van der Waals surface area contributed by atoms with Crippen molar-refractivity contribution in [2.75, 3.05) is 17.2 Å². The van der Waals surface area contributed by atoms with Gasteiger partial charge < -0.3 is 10.6 Å². The molecule has 43 heavy (non-hydrogen) atoms. The van der Waals surface area contributed by atoms with E-state index in [-0.39, 0.29) is 23.8 Å². The van der Waals surface area contributed by atoms with Gasteiger partial charge in [0.25, 0.3) is 0 Å². The minimum Gasteiger partial charge on any atom is -0.356 e. The van der Waals surface area contributed by atoms with Crippen LogP contribution < -0.4 is 16.0 Å². The summed E-state index contributed by atoms with van der Waals surface area (Å²) in [5, 5.41) is 15.7. The van der Waals surface area contributed by atoms with E-state index in [1.807, 2.05) is 86.6 Å². The summed E-state index contributed by atoms with van der Waals surface area (Å²) in [5.41, 5.74) is 6.34. The Hall–Kier alpha value is -4.98. The van der Waals surface area contributed by atoms with E-state index in [0.29, 0.717) is 24.5 Å². The molecule has 3 aromatic carbocycles. The summed E-state index contributed by atoms with van der Waals surface area (Å²) in [6.45, 7) is 10.8. The van der Waals surface area contributed by atoms with Crippen molar-refractivity contribution < 1.29 is 9.59 Å². The smallest absolute Gasteiger partial charge is 0.324 e. The van der Waals surface area contributed by atoms with Gasteiger partial charge in [0.1, 0.15) is 5.82 Å². The van der Waals surface area contributed by atoms with Crippen LogP contribution >= 0.6 is 0 Å². The molecule has 0 atom stereocenters. The first kappa shape index (κ1) is 29.5. The SMILES string of the molecule is CCNC(=O)Cc1cc(Cc2ccc(NC(=O)Nc3cc(C(C)(C)C)nn3-c3ccc(C)cc3)c3ccccc23)ccn1. The first-order chi connectivity index (χ1) is 20.6. The molecular formula is C35H38N6O2. The summed E-state index contributed by atoms with van der Waals surface area (Å²) >= 11 is 0. The van der Waals surface area contributed by atoms with E-state index in [0.717, 1.165) is 44.5 Å². The summed E-state index contributed by atoms with van der Waals surface area (Å²) in [7, 11) is 0. The number of amides is 3. The second-order valence-corrected chi connectivity index (χ2v) is 11.8. The van der Waals surface area contributed by atoms with Gasteiger partial charge in [0.05, 0.1) is 23.5 Å². The number of nitrogens with one attached hydrogen (secondary N) is 3. The maximum Gasteiger partial charge on any atom is 0.324 e. The molecule has 0 fully saturated rings. The number of aromatic nitrogens is 3. The van der Waals surface area contributed by atoms with Crippen LogP contribution in [0.1, 0.15) is 55.8 Å². The fraction of sp³-hybridized carbons (Fsp3) is 0.257. The van der Waals surface area contributed by atoms with Gasteiger partial charge in [-0.2, -0.15) is 5.10 Å². The van der Waals surface area contributed by atoms with Gasteiger partial charge in [0.2, 0.25) is 5.91 Å². The number of carbonyl (C=O) groups excluding carboxylic acids is 2. The molecule has 5 aromatic rings. The molecule has 0 aliphatic carbocycles. The second-order valence-electron chi connectivity index (χ2n) is 11.8. The Morgan fingerprint density at radius 1 is 0.884 bits per heavy atom. The number of aryl methyl sites for hydroxylation is 1. The number of likely N-dealkylation sites (N-methyl/N-ethyl adjacent to an activating group) is 1. The van der Waals surface area contributed by atoms with E-state index >= 15 is 0 Å². The van der Waals surface area contributed by atoms with Crippen molar-refractivity contribution in [1.29, 1.82) is 0 Å². The fourth-order valence-electron chi connectivity index (χ4n) is 4.99. The van der Waals surface area contributed by atoms with Gasteiger partial charge >= 0.3 is 6.03 Å². The largest absolute Gasteiger partial charge is 0.356 e. The normalized spacial score (nSPS) is 11.4. The average Bonchev–Trinajstić information content (AvgIpc) is 3.39. The Morgan fingerprint density at radius 2 is 1.63 bits per heavy atom. The first-order valence-electron chi connectivity index (χ1n) is 14.6. The summed E-state index contributed by atoms with van der Waals surface area (Å²) < 4.78 is 1.77. The van der Waals surface area contributed by atoms with Crippen LogP contribution in [-0.2, 0) is 23.1 Å². The van der Waals surface area contributed by atoms with Crippen LogP contribution in [0.5, 0.6) is 0 Å². The highest BCUT2D eigenvalue weighted by atomic mass is 16.2. The molecule has 2 heterocycles. The number of fused-ring (bicyclic) bond motifs is 1. The number of pyridine rings is 1. The van der Waals surface area contributed by atoms with Crippen LogP contribution in [0.15, 0.2) is 85.1 Å². The van der Waals surface area contributed by atoms with Crippen LogP contribution in [0, 0.1) is 6.92 Å². The van der Waals surface area contributed by atoms with E-state index in [2.05, 4.69) is 47.8 Å². The van der Waals surface area contributed by atoms with Crippen molar-refractivity contribution in [2.24, 2.45) is 0 Å². The van der Waals surface area contributed by atoms with Crippen LogP contribution in [-0.4, -0.2) is 33.2 Å². The highest BCUT2D eigenvalue weighted by molar-refractivity contribution is 6.06. The number of carbonyl (C=O) groups is 2. The summed E-state index contributed by atoms with van der Waals surface area (Å²) in [6.07, 6.45) is 2.67. The van der Waals surface area contributed by atoms with Gasteiger partial charge in [-0.1, -0.05) is 68.8 Å². The first-order valence-corrected chi connectivity index (χ1v) is 14.6. The Labute approximate surface area is 252 Å². The van der Waals surface area contributed by atoms with E-state index < -0.39 is 0 Å². The Balaban J connectivity index is 1.38. The second kappa shape index (κ2) is 12.5. The lowest BCUT2D eigenvalue weighted by atomic mass is 9.92. The molecule has 3 N–H and O–H groups in total. The van der Waals surface area contributed by atoms with Gasteiger partial charge in [0, 0.05) is 35.3 Å². The zero-order valence-corrected chi connectivity index (χ0v) is 25.4. The molecule has 220 valence electrons. The van der Waals surface area contributed by atoms with Crippen molar-refractivity contribution in [3.05, 3.63) is 113 Å². The molecule has 5 rings (SSSR count). The Kier molecular flexibility index (Phi) is 8.57. The van der Waals surface area contributed by atoms with Crippen LogP contribution in [0.25, 0.3) is 16.5 Å². The van der Waals surface area contributed by atoms with Crippen LogP contribution in [0.4, 0.5) is 16.3 Å². The van der Waals surface area contributed by atoms with Crippen molar-refractivity contribution >= 4 is 34.2 Å². The molecule has 0 saturated carbocycles. The lowest BCUT2D eigenvalue weighted by Gasteiger charge is -2.14. The third-order valence-electron chi connectivity index (χ3n) is 7.25. The van der Waals surface area contributed by atoms with Gasteiger partial charge in [-0.05, 0) is 67.1 Å². The molecule has 0 unspecified atom stereocenters. The van der Waals surface area contributed by atoms with Gasteiger partial charge in [0.15, 0.2) is 0 Å². The van der Waals surface area contributed by atoms with Crippen molar-refractivity contribution in [2.45, 2.75) is 52.9 Å². The van der Waals surface area contributed by atoms with Gasteiger partial charge in [-0.15, -0.1) is 0 Å². The van der Waals surface area contributed by atoms with Crippen molar-refractivity contribution in [1.82, 2.24) is 20.1 Å². The predicted molar refractivity (Wildman–Crippen MR) is 173 cm³/mol. The molecule has 0 aliphatic heterocycles. The van der Waals surface area contributed by atoms with Gasteiger partial charge in [-0.3, -0.25) is 15.1 Å². The topological polar surface area (TPSA) is 101 Å². The quantitative estimate of drug-likeness (QED) is 0.187. The lowest BCUT2D eigenvalue weighted by molar-refractivity contribution is -0.120. The minimum atomic E-state index is -0.351. The summed E-state index contributed by atoms with van der Waals surface area (Å²) in [4.78, 5) is 29.8. The van der Waals surface area contributed by atoms with Crippen molar-refractivity contribution in [3.8, 4) is 5.69 Å². The number of hydrogen-bond donors (Lipinski definition) is 3. The minimum absolute atomic E-state index is 0.0390. The van der Waals surface area contributed by atoms with Gasteiger partial charge in [-0.25, -0.2) is 9.48 Å². The average molecular weight is 575 g/mol. The molecule has 3 amide bonds. The standard InChI is InChI=1S/C35H38N6O2/c1-6-36-33(42)21-26-20-24(17-18-37-26)19-25-13-16-30(29-10-8-7-9-28(25)29)38-34(43)39-32-22-31(35(3,4)5)40-41(32)27-14-11-23(2)12-15-27/h7-18,20,22H,6,19,21H2,1-5H3,(H,36,42)(H2,38,39,43). The number of rotatable bonds is 8. The number of nitrogens with zero attached hydrogens (tertiary/aromatic N) is 3. The highest BCUT2D eigenvalue weighted by Gasteiger charge is 2.22. The molecule has 0 aliphatic rings. The molecule has 8 heteroatoms. The van der Waals surface area contributed by atoms with Crippen LogP contribution in [0.2, 0.25) is 0 Å². The molecule has 2 aromatic heterocycles. The number of anilines is 2. The fourth-order valence-corrected chi connectivity index (χ4v) is 4.99. The molecular weight excluding hydrogens is 536 g/mol. The highest BCUT2D eigenvalue weighted by Crippen LogP contribution is 2.30. The molecule has 0 spiro atoms.